The molecule has 7 nitrogen and oxygen atoms in total. The van der Waals surface area contributed by atoms with Gasteiger partial charge in [0.1, 0.15) is 11.6 Å². The van der Waals surface area contributed by atoms with Crippen molar-refractivity contribution in [1.29, 1.82) is 0 Å². The lowest BCUT2D eigenvalue weighted by atomic mass is 10.1. The first-order valence-corrected chi connectivity index (χ1v) is 9.83. The Hall–Kier alpha value is -2.45. The molecule has 2 N–H and O–H groups in total. The number of fused-ring (bicyclic) bond motifs is 1. The fourth-order valence-electron chi connectivity index (χ4n) is 3.00. The third kappa shape index (κ3) is 5.08. The van der Waals surface area contributed by atoms with E-state index < -0.39 is 0 Å². The van der Waals surface area contributed by atoms with Crippen LogP contribution in [-0.2, 0) is 11.2 Å². The lowest BCUT2D eigenvalue weighted by Gasteiger charge is -2.25. The second kappa shape index (κ2) is 9.16. The number of aromatic amines is 1. The number of nitrogens with zero attached hydrogens (tertiary/aromatic N) is 3. The number of nitrogens with one attached hydrogen (secondary N) is 2. The fourth-order valence-corrected chi connectivity index (χ4v) is 3.33. The number of rotatable bonds is 8. The molecule has 0 unspecified atom stereocenters. The molecule has 3 aromatic rings. The topological polar surface area (TPSA) is 83.1 Å². The highest BCUT2D eigenvalue weighted by Crippen LogP contribution is 2.21. The average Bonchev–Trinajstić information content (AvgIpc) is 3.08. The van der Waals surface area contributed by atoms with Gasteiger partial charge in [-0.25, -0.2) is 9.97 Å². The van der Waals surface area contributed by atoms with Crippen LogP contribution < -0.4 is 10.1 Å². The summed E-state index contributed by atoms with van der Waals surface area (Å²) in [6.07, 6.45) is 2.61. The van der Waals surface area contributed by atoms with E-state index in [4.69, 9.17) is 4.74 Å². The van der Waals surface area contributed by atoms with Crippen molar-refractivity contribution in [2.75, 3.05) is 27.7 Å². The molecule has 8 heteroatoms. The number of hydrogen-bond acceptors (Lipinski definition) is 5. The van der Waals surface area contributed by atoms with Crippen molar-refractivity contribution in [3.8, 4) is 5.75 Å². The molecular formula is C20H24BrN5O2. The fraction of sp³-hybridized carbons (Fsp3) is 0.350. The number of halogens is 1. The van der Waals surface area contributed by atoms with Gasteiger partial charge >= 0.3 is 0 Å². The molecule has 148 valence electrons. The first kappa shape index (κ1) is 20.3. The number of amides is 1. The standard InChI is InChI=1S/C20H24BrN5O2/c1-26(2)17(13-4-6-15(28-3)7-5-13)12-22-19(27)9-8-18-24-16-10-14(21)11-23-20(16)25-18/h4-7,10-11,17H,8-9,12H2,1-3H3,(H,22,27)(H,23,24,25)/t17-/m0/s1. The minimum Gasteiger partial charge on any atom is -0.497 e. The second-order valence-electron chi connectivity index (χ2n) is 6.76. The number of methoxy groups -OCH3 is 1. The van der Waals surface area contributed by atoms with E-state index in [-0.39, 0.29) is 11.9 Å². The van der Waals surface area contributed by atoms with Crippen molar-refractivity contribution in [2.45, 2.75) is 18.9 Å². The van der Waals surface area contributed by atoms with Crippen LogP contribution in [0.3, 0.4) is 0 Å². The SMILES string of the molecule is COc1ccc([C@H](CNC(=O)CCc2nc3ncc(Br)cc3[nH]2)N(C)C)cc1. The molecule has 1 atom stereocenters. The van der Waals surface area contributed by atoms with Gasteiger partial charge in [0.2, 0.25) is 5.91 Å². The van der Waals surface area contributed by atoms with Crippen LogP contribution in [0.15, 0.2) is 41.0 Å². The summed E-state index contributed by atoms with van der Waals surface area (Å²) in [5.74, 6) is 1.57. The van der Waals surface area contributed by atoms with Crippen LogP contribution in [0.1, 0.15) is 23.9 Å². The summed E-state index contributed by atoms with van der Waals surface area (Å²) in [7, 11) is 5.65. The Bertz CT molecular complexity index is 939. The zero-order chi connectivity index (χ0) is 20.1. The summed E-state index contributed by atoms with van der Waals surface area (Å²) in [4.78, 5) is 26.3. The summed E-state index contributed by atoms with van der Waals surface area (Å²) in [6.45, 7) is 0.535. The second-order valence-corrected chi connectivity index (χ2v) is 7.68. The number of pyridine rings is 1. The molecule has 2 aromatic heterocycles. The van der Waals surface area contributed by atoms with Crippen LogP contribution in [0.25, 0.3) is 11.2 Å². The number of aromatic nitrogens is 3. The van der Waals surface area contributed by atoms with Crippen molar-refractivity contribution < 1.29 is 9.53 Å². The highest BCUT2D eigenvalue weighted by Gasteiger charge is 2.16. The van der Waals surface area contributed by atoms with Crippen LogP contribution >= 0.6 is 15.9 Å². The van der Waals surface area contributed by atoms with Gasteiger partial charge < -0.3 is 19.9 Å². The van der Waals surface area contributed by atoms with E-state index in [0.717, 1.165) is 27.1 Å². The van der Waals surface area contributed by atoms with Gasteiger partial charge in [-0.15, -0.1) is 0 Å². The molecule has 0 spiro atoms. The monoisotopic (exact) mass is 445 g/mol. The van der Waals surface area contributed by atoms with Gasteiger partial charge in [-0.3, -0.25) is 4.79 Å². The number of carbonyl (C=O) groups excluding carboxylic acids is 1. The van der Waals surface area contributed by atoms with Crippen molar-refractivity contribution in [2.24, 2.45) is 0 Å². The zero-order valence-electron chi connectivity index (χ0n) is 16.2. The molecule has 1 amide bonds. The first-order chi connectivity index (χ1) is 13.5. The zero-order valence-corrected chi connectivity index (χ0v) is 17.8. The summed E-state index contributed by atoms with van der Waals surface area (Å²) in [5.41, 5.74) is 2.64. The molecule has 2 heterocycles. The predicted octanol–water partition coefficient (Wildman–Crippen LogP) is 3.08. The molecule has 1 aromatic carbocycles. The number of carbonyl (C=O) groups is 1. The smallest absolute Gasteiger partial charge is 0.220 e. The van der Waals surface area contributed by atoms with E-state index in [1.54, 1.807) is 13.3 Å². The maximum Gasteiger partial charge on any atom is 0.220 e. The van der Waals surface area contributed by atoms with E-state index in [0.29, 0.717) is 25.0 Å². The number of aryl methyl sites for hydroxylation is 1. The Morgan fingerprint density at radius 2 is 2.07 bits per heavy atom. The molecule has 0 aliphatic heterocycles. The van der Waals surface area contributed by atoms with Gasteiger partial charge in [-0.2, -0.15) is 0 Å². The van der Waals surface area contributed by atoms with Crippen LogP contribution in [0, 0.1) is 0 Å². The summed E-state index contributed by atoms with van der Waals surface area (Å²) >= 11 is 3.39. The summed E-state index contributed by atoms with van der Waals surface area (Å²) < 4.78 is 6.10. The molecule has 0 saturated carbocycles. The molecule has 0 aliphatic rings. The van der Waals surface area contributed by atoms with Crippen LogP contribution in [0.4, 0.5) is 0 Å². The molecule has 0 fully saturated rings. The van der Waals surface area contributed by atoms with Crippen LogP contribution in [0.2, 0.25) is 0 Å². The Balaban J connectivity index is 1.55. The number of hydrogen-bond donors (Lipinski definition) is 2. The van der Waals surface area contributed by atoms with Gasteiger partial charge in [0.25, 0.3) is 0 Å². The van der Waals surface area contributed by atoms with Gasteiger partial charge in [0, 0.05) is 30.1 Å². The van der Waals surface area contributed by atoms with E-state index in [1.807, 2.05) is 44.4 Å². The highest BCUT2D eigenvalue weighted by molar-refractivity contribution is 9.10. The lowest BCUT2D eigenvalue weighted by Crippen LogP contribution is -2.34. The van der Waals surface area contributed by atoms with E-state index in [9.17, 15) is 4.79 Å². The lowest BCUT2D eigenvalue weighted by molar-refractivity contribution is -0.121. The van der Waals surface area contributed by atoms with Crippen molar-refractivity contribution in [3.63, 3.8) is 0 Å². The van der Waals surface area contributed by atoms with E-state index >= 15 is 0 Å². The molecule has 0 aliphatic carbocycles. The van der Waals surface area contributed by atoms with E-state index in [2.05, 4.69) is 41.1 Å². The third-order valence-electron chi connectivity index (χ3n) is 4.56. The maximum absolute atomic E-state index is 12.3. The van der Waals surface area contributed by atoms with Gasteiger partial charge in [0.15, 0.2) is 5.65 Å². The predicted molar refractivity (Wildman–Crippen MR) is 112 cm³/mol. The van der Waals surface area contributed by atoms with Gasteiger partial charge in [-0.1, -0.05) is 12.1 Å². The van der Waals surface area contributed by atoms with Gasteiger partial charge in [-0.05, 0) is 53.8 Å². The summed E-state index contributed by atoms with van der Waals surface area (Å²) in [6, 6.07) is 9.92. The quantitative estimate of drug-likeness (QED) is 0.556. The Labute approximate surface area is 172 Å². The maximum atomic E-state index is 12.3. The Morgan fingerprint density at radius 1 is 1.32 bits per heavy atom. The highest BCUT2D eigenvalue weighted by atomic mass is 79.9. The number of imidazole rings is 1. The number of ether oxygens (including phenoxy) is 1. The third-order valence-corrected chi connectivity index (χ3v) is 4.99. The number of likely N-dealkylation sites (N-methyl/N-ethyl adjacent to an activating group) is 1. The largest absolute Gasteiger partial charge is 0.497 e. The van der Waals surface area contributed by atoms with Crippen molar-refractivity contribution >= 4 is 33.0 Å². The normalized spacial score (nSPS) is 12.3. The molecular weight excluding hydrogens is 422 g/mol. The number of H-pyrrole nitrogens is 1. The Kier molecular flexibility index (Phi) is 6.64. The van der Waals surface area contributed by atoms with Crippen molar-refractivity contribution in [3.05, 3.63) is 52.4 Å². The molecule has 28 heavy (non-hydrogen) atoms. The summed E-state index contributed by atoms with van der Waals surface area (Å²) in [5, 5.41) is 3.03. The van der Waals surface area contributed by atoms with E-state index in [1.165, 1.54) is 0 Å². The Morgan fingerprint density at radius 3 is 2.75 bits per heavy atom. The molecule has 3 rings (SSSR count). The molecule has 0 saturated heterocycles. The minimum absolute atomic E-state index is 0.00467. The van der Waals surface area contributed by atoms with Gasteiger partial charge in [0.05, 0.1) is 18.7 Å². The van der Waals surface area contributed by atoms with Crippen LogP contribution in [-0.4, -0.2) is 53.5 Å². The number of benzene rings is 1. The minimum atomic E-state index is -0.00467. The van der Waals surface area contributed by atoms with Crippen molar-refractivity contribution in [1.82, 2.24) is 25.2 Å². The first-order valence-electron chi connectivity index (χ1n) is 9.03. The molecule has 0 radical (unpaired) electrons. The van der Waals surface area contributed by atoms with Crippen LogP contribution in [0.5, 0.6) is 5.75 Å². The molecule has 0 bridgehead atoms. The average molecular weight is 446 g/mol.